The summed E-state index contributed by atoms with van der Waals surface area (Å²) in [7, 11) is 0. The summed E-state index contributed by atoms with van der Waals surface area (Å²) >= 11 is 0. The molecular formula is C19H26N6O2. The van der Waals surface area contributed by atoms with E-state index < -0.39 is 0 Å². The highest BCUT2D eigenvalue weighted by molar-refractivity contribution is 5.92. The molecule has 0 spiro atoms. The highest BCUT2D eigenvalue weighted by atomic mass is 16.3. The van der Waals surface area contributed by atoms with Crippen LogP contribution in [0.4, 0.5) is 5.82 Å². The lowest BCUT2D eigenvalue weighted by atomic mass is 9.95. The molecular weight excluding hydrogens is 344 g/mol. The summed E-state index contributed by atoms with van der Waals surface area (Å²) in [6.45, 7) is 4.65. The van der Waals surface area contributed by atoms with Gasteiger partial charge in [-0.05, 0) is 44.7 Å². The number of carbonyl (C=O) groups excluding carboxylic acids is 1. The van der Waals surface area contributed by atoms with E-state index in [4.69, 9.17) is 0 Å². The molecule has 3 heterocycles. The maximum atomic E-state index is 12.5. The molecule has 0 saturated carbocycles. The molecule has 2 aromatic rings. The average Bonchev–Trinajstić information content (AvgIpc) is 3.31. The molecule has 1 aliphatic carbocycles. The minimum absolute atomic E-state index is 0.0435. The molecule has 1 fully saturated rings. The van der Waals surface area contributed by atoms with Crippen LogP contribution in [0.15, 0.2) is 12.1 Å². The number of fused-ring (bicyclic) bond motifs is 1. The second-order valence-electron chi connectivity index (χ2n) is 7.31. The third kappa shape index (κ3) is 3.66. The number of nitrogens with zero attached hydrogens (tertiary/aromatic N) is 5. The molecule has 0 bridgehead atoms. The molecule has 2 aliphatic rings. The molecule has 8 nitrogen and oxygen atoms in total. The van der Waals surface area contributed by atoms with Crippen LogP contribution in [0.2, 0.25) is 0 Å². The van der Waals surface area contributed by atoms with Gasteiger partial charge in [-0.3, -0.25) is 4.79 Å². The molecule has 1 amide bonds. The van der Waals surface area contributed by atoms with Crippen molar-refractivity contribution in [1.29, 1.82) is 0 Å². The summed E-state index contributed by atoms with van der Waals surface area (Å²) in [5.74, 6) is 1.58. The first-order chi connectivity index (χ1) is 13.2. The Balaban J connectivity index is 1.39. The van der Waals surface area contributed by atoms with Crippen molar-refractivity contribution in [2.24, 2.45) is 0 Å². The largest absolute Gasteiger partial charge is 0.395 e. The number of amides is 1. The molecule has 0 aromatic carbocycles. The molecule has 0 radical (unpaired) electrons. The zero-order valence-electron chi connectivity index (χ0n) is 15.7. The number of aliphatic hydroxyl groups is 1. The van der Waals surface area contributed by atoms with Gasteiger partial charge >= 0.3 is 0 Å². The van der Waals surface area contributed by atoms with Crippen LogP contribution in [0.3, 0.4) is 0 Å². The SMILES string of the molecule is Cc1nc2c(n1CCO)CCC(NC(=O)c1ccc(N3CCCC3)nn1)C2. The lowest BCUT2D eigenvalue weighted by Crippen LogP contribution is -2.39. The van der Waals surface area contributed by atoms with Crippen molar-refractivity contribution in [2.45, 2.75) is 51.6 Å². The molecule has 144 valence electrons. The number of aliphatic hydroxyl groups excluding tert-OH is 1. The smallest absolute Gasteiger partial charge is 0.272 e. The molecule has 8 heteroatoms. The first kappa shape index (κ1) is 17.9. The van der Waals surface area contributed by atoms with Crippen LogP contribution in [0.1, 0.15) is 47.0 Å². The number of anilines is 1. The third-order valence-electron chi connectivity index (χ3n) is 5.49. The van der Waals surface area contributed by atoms with Crippen LogP contribution in [-0.2, 0) is 19.4 Å². The molecule has 1 atom stereocenters. The first-order valence-corrected chi connectivity index (χ1v) is 9.71. The van der Waals surface area contributed by atoms with E-state index in [1.165, 1.54) is 18.5 Å². The van der Waals surface area contributed by atoms with Gasteiger partial charge in [-0.15, -0.1) is 10.2 Å². The van der Waals surface area contributed by atoms with E-state index in [2.05, 4.69) is 30.0 Å². The van der Waals surface area contributed by atoms with E-state index in [1.54, 1.807) is 6.07 Å². The number of aromatic nitrogens is 4. The first-order valence-electron chi connectivity index (χ1n) is 9.71. The number of imidazole rings is 1. The Hall–Kier alpha value is -2.48. The van der Waals surface area contributed by atoms with E-state index in [1.807, 2.05) is 13.0 Å². The second-order valence-corrected chi connectivity index (χ2v) is 7.31. The Bertz CT molecular complexity index is 810. The second kappa shape index (κ2) is 7.64. The van der Waals surface area contributed by atoms with Crippen molar-refractivity contribution in [3.8, 4) is 0 Å². The number of nitrogens with one attached hydrogen (secondary N) is 1. The summed E-state index contributed by atoms with van der Waals surface area (Å²) in [6.07, 6.45) is 4.77. The summed E-state index contributed by atoms with van der Waals surface area (Å²) in [6, 6.07) is 3.68. The van der Waals surface area contributed by atoms with Gasteiger partial charge in [0.05, 0.1) is 12.3 Å². The zero-order chi connectivity index (χ0) is 18.8. The third-order valence-corrected chi connectivity index (χ3v) is 5.49. The van der Waals surface area contributed by atoms with Gasteiger partial charge in [0.2, 0.25) is 0 Å². The van der Waals surface area contributed by atoms with E-state index in [9.17, 15) is 9.90 Å². The molecule has 2 aromatic heterocycles. The van der Waals surface area contributed by atoms with Gasteiger partial charge in [0.1, 0.15) is 5.82 Å². The predicted octanol–water partition coefficient (Wildman–Crippen LogP) is 0.861. The monoisotopic (exact) mass is 370 g/mol. The Kier molecular flexibility index (Phi) is 5.07. The standard InChI is InChI=1S/C19H26N6O2/c1-13-20-16-12-14(4-6-17(16)25(13)10-11-26)21-19(27)15-5-7-18(23-22-15)24-8-2-3-9-24/h5,7,14,26H,2-4,6,8-12H2,1H3,(H,21,27). The van der Waals surface area contributed by atoms with Gasteiger partial charge < -0.3 is 19.9 Å². The number of aryl methyl sites for hydroxylation is 1. The number of carbonyl (C=O) groups is 1. The maximum absolute atomic E-state index is 12.5. The highest BCUT2D eigenvalue weighted by Crippen LogP contribution is 2.23. The van der Waals surface area contributed by atoms with E-state index >= 15 is 0 Å². The van der Waals surface area contributed by atoms with Crippen molar-refractivity contribution in [3.05, 3.63) is 35.0 Å². The van der Waals surface area contributed by atoms with Crippen molar-refractivity contribution < 1.29 is 9.90 Å². The van der Waals surface area contributed by atoms with Crippen LogP contribution in [0, 0.1) is 6.92 Å². The van der Waals surface area contributed by atoms with Crippen molar-refractivity contribution in [3.63, 3.8) is 0 Å². The van der Waals surface area contributed by atoms with Gasteiger partial charge in [-0.2, -0.15) is 0 Å². The van der Waals surface area contributed by atoms with Crippen LogP contribution >= 0.6 is 0 Å². The van der Waals surface area contributed by atoms with Gasteiger partial charge in [-0.1, -0.05) is 0 Å². The fraction of sp³-hybridized carbons (Fsp3) is 0.579. The fourth-order valence-electron chi connectivity index (χ4n) is 4.10. The minimum Gasteiger partial charge on any atom is -0.395 e. The number of hydrogen-bond donors (Lipinski definition) is 2. The number of rotatable bonds is 5. The molecule has 1 saturated heterocycles. The average molecular weight is 370 g/mol. The fourth-order valence-corrected chi connectivity index (χ4v) is 4.10. The summed E-state index contributed by atoms with van der Waals surface area (Å²) < 4.78 is 2.08. The zero-order valence-corrected chi connectivity index (χ0v) is 15.7. The number of hydrogen-bond acceptors (Lipinski definition) is 6. The lowest BCUT2D eigenvalue weighted by Gasteiger charge is -2.23. The normalized spacial score (nSPS) is 19.2. The van der Waals surface area contributed by atoms with E-state index in [0.717, 1.165) is 43.3 Å². The van der Waals surface area contributed by atoms with E-state index in [0.29, 0.717) is 18.7 Å². The molecule has 4 rings (SSSR count). The highest BCUT2D eigenvalue weighted by Gasteiger charge is 2.26. The van der Waals surface area contributed by atoms with Gasteiger partial charge in [0.15, 0.2) is 11.5 Å². The summed E-state index contributed by atoms with van der Waals surface area (Å²) in [4.78, 5) is 19.4. The Labute approximate surface area is 158 Å². The van der Waals surface area contributed by atoms with Crippen LogP contribution in [0.5, 0.6) is 0 Å². The van der Waals surface area contributed by atoms with E-state index in [-0.39, 0.29) is 18.6 Å². The summed E-state index contributed by atoms with van der Waals surface area (Å²) in [5, 5.41) is 20.6. The Morgan fingerprint density at radius 1 is 1.30 bits per heavy atom. The minimum atomic E-state index is -0.185. The van der Waals surface area contributed by atoms with Crippen LogP contribution in [-0.4, -0.2) is 56.5 Å². The molecule has 1 aliphatic heterocycles. The molecule has 1 unspecified atom stereocenters. The summed E-state index contributed by atoms with van der Waals surface area (Å²) in [5.41, 5.74) is 2.56. The van der Waals surface area contributed by atoms with Crippen molar-refractivity contribution in [2.75, 3.05) is 24.6 Å². The van der Waals surface area contributed by atoms with Gasteiger partial charge in [0.25, 0.3) is 5.91 Å². The predicted molar refractivity (Wildman–Crippen MR) is 101 cm³/mol. The molecule has 2 N–H and O–H groups in total. The van der Waals surface area contributed by atoms with Gasteiger partial charge in [-0.25, -0.2) is 4.98 Å². The van der Waals surface area contributed by atoms with Crippen molar-refractivity contribution >= 4 is 11.7 Å². The lowest BCUT2D eigenvalue weighted by molar-refractivity contribution is 0.0927. The molecule has 27 heavy (non-hydrogen) atoms. The van der Waals surface area contributed by atoms with Crippen molar-refractivity contribution in [1.82, 2.24) is 25.1 Å². The van der Waals surface area contributed by atoms with Crippen LogP contribution in [0.25, 0.3) is 0 Å². The Morgan fingerprint density at radius 2 is 2.11 bits per heavy atom. The van der Waals surface area contributed by atoms with Gasteiger partial charge in [0, 0.05) is 37.8 Å². The topological polar surface area (TPSA) is 96.2 Å². The van der Waals surface area contributed by atoms with Crippen LogP contribution < -0.4 is 10.2 Å². The quantitative estimate of drug-likeness (QED) is 0.810. The Morgan fingerprint density at radius 3 is 2.81 bits per heavy atom. The maximum Gasteiger partial charge on any atom is 0.272 e.